The van der Waals surface area contributed by atoms with Crippen molar-refractivity contribution < 1.29 is 13.2 Å². The van der Waals surface area contributed by atoms with Gasteiger partial charge in [0.25, 0.3) is 10.0 Å². The van der Waals surface area contributed by atoms with Crippen molar-refractivity contribution >= 4 is 43.2 Å². The van der Waals surface area contributed by atoms with E-state index in [0.717, 1.165) is 39.9 Å². The summed E-state index contributed by atoms with van der Waals surface area (Å²) in [5.41, 5.74) is 0.926. The quantitative estimate of drug-likeness (QED) is 0.697. The third-order valence-electron chi connectivity index (χ3n) is 4.78. The predicted octanol–water partition coefficient (Wildman–Crippen LogP) is 3.80. The van der Waals surface area contributed by atoms with E-state index < -0.39 is 16.1 Å². The van der Waals surface area contributed by atoms with E-state index in [1.165, 1.54) is 0 Å². The third kappa shape index (κ3) is 5.19. The molecule has 2 aromatic rings. The lowest BCUT2D eigenvalue weighted by molar-refractivity contribution is -0.136. The van der Waals surface area contributed by atoms with E-state index in [0.29, 0.717) is 13.0 Å². The number of sulfonamides is 1. The number of likely N-dealkylation sites (tertiary alicyclic amines) is 1. The van der Waals surface area contributed by atoms with Gasteiger partial charge in [-0.2, -0.15) is 4.72 Å². The summed E-state index contributed by atoms with van der Waals surface area (Å²) in [4.78, 5) is 15.0. The van der Waals surface area contributed by atoms with E-state index in [-0.39, 0.29) is 16.2 Å². The number of amides is 1. The van der Waals surface area contributed by atoms with Crippen LogP contribution in [0, 0.1) is 0 Å². The number of carbonyl (C=O) groups excluding carboxylic acids is 1. The Labute approximate surface area is 173 Å². The van der Waals surface area contributed by atoms with Crippen LogP contribution < -0.4 is 4.72 Å². The Morgan fingerprint density at radius 2 is 2.00 bits per heavy atom. The number of benzene rings is 1. The molecule has 1 aliphatic rings. The molecule has 1 aliphatic heterocycles. The molecular formula is C19H23BrN2O3S2. The van der Waals surface area contributed by atoms with Gasteiger partial charge in [0.15, 0.2) is 0 Å². The molecule has 5 nitrogen and oxygen atoms in total. The fourth-order valence-electron chi connectivity index (χ4n) is 3.34. The Morgan fingerprint density at radius 1 is 1.26 bits per heavy atom. The molecule has 8 heteroatoms. The van der Waals surface area contributed by atoms with Crippen LogP contribution in [0.2, 0.25) is 0 Å². The van der Waals surface area contributed by atoms with E-state index >= 15 is 0 Å². The average Bonchev–Trinajstić information content (AvgIpc) is 3.09. The Hall–Kier alpha value is -1.22. The highest BCUT2D eigenvalue weighted by Crippen LogP contribution is 2.26. The predicted molar refractivity (Wildman–Crippen MR) is 111 cm³/mol. The number of nitrogens with one attached hydrogen (secondary N) is 1. The maximum Gasteiger partial charge on any atom is 0.250 e. The molecule has 2 heterocycles. The molecule has 0 aliphatic carbocycles. The average molecular weight is 471 g/mol. The maximum atomic E-state index is 13.2. The summed E-state index contributed by atoms with van der Waals surface area (Å²) in [6.45, 7) is 2.71. The molecule has 3 rings (SSSR count). The van der Waals surface area contributed by atoms with Crippen molar-refractivity contribution in [2.45, 2.75) is 48.9 Å². The van der Waals surface area contributed by atoms with Crippen LogP contribution in [0.15, 0.2) is 50.5 Å². The highest BCUT2D eigenvalue weighted by Gasteiger charge is 2.33. The molecule has 1 aromatic carbocycles. The number of carbonyl (C=O) groups is 1. The van der Waals surface area contributed by atoms with Crippen LogP contribution in [-0.2, 0) is 21.2 Å². The van der Waals surface area contributed by atoms with Crippen molar-refractivity contribution in [3.05, 3.63) is 51.8 Å². The lowest BCUT2D eigenvalue weighted by Gasteiger charge is -2.36. The summed E-state index contributed by atoms with van der Waals surface area (Å²) in [6, 6.07) is 12.1. The first kappa shape index (κ1) is 20.5. The van der Waals surface area contributed by atoms with Gasteiger partial charge in [-0.3, -0.25) is 4.79 Å². The van der Waals surface area contributed by atoms with Crippen LogP contribution >= 0.6 is 27.3 Å². The second kappa shape index (κ2) is 8.86. The first-order chi connectivity index (χ1) is 12.9. The molecule has 27 heavy (non-hydrogen) atoms. The number of piperidine rings is 1. The van der Waals surface area contributed by atoms with E-state index in [4.69, 9.17) is 0 Å². The van der Waals surface area contributed by atoms with Gasteiger partial charge in [-0.05, 0) is 66.2 Å². The van der Waals surface area contributed by atoms with E-state index in [9.17, 15) is 13.2 Å². The van der Waals surface area contributed by atoms with Crippen molar-refractivity contribution in [1.29, 1.82) is 0 Å². The summed E-state index contributed by atoms with van der Waals surface area (Å²) >= 11 is 4.43. The van der Waals surface area contributed by atoms with E-state index in [1.807, 2.05) is 42.2 Å². The Bertz CT molecular complexity index is 883. The number of hydrogen-bond donors (Lipinski definition) is 1. The van der Waals surface area contributed by atoms with Gasteiger partial charge in [0.05, 0.1) is 3.79 Å². The summed E-state index contributed by atoms with van der Waals surface area (Å²) in [6.07, 6.45) is 3.34. The minimum absolute atomic E-state index is 0.130. The molecule has 1 N–H and O–H groups in total. The van der Waals surface area contributed by atoms with Gasteiger partial charge in [-0.25, -0.2) is 8.42 Å². The molecule has 0 spiro atoms. The second-order valence-electron chi connectivity index (χ2n) is 6.80. The number of nitrogens with zero attached hydrogens (tertiary/aromatic N) is 1. The van der Waals surface area contributed by atoms with Crippen LogP contribution in [-0.4, -0.2) is 37.9 Å². The molecule has 1 amide bonds. The van der Waals surface area contributed by atoms with Crippen LogP contribution in [0.3, 0.4) is 0 Å². The Morgan fingerprint density at radius 3 is 2.63 bits per heavy atom. The van der Waals surface area contributed by atoms with Crippen LogP contribution in [0.25, 0.3) is 0 Å². The summed E-state index contributed by atoms with van der Waals surface area (Å²) in [5.74, 6) is -0.148. The van der Waals surface area contributed by atoms with Gasteiger partial charge in [-0.1, -0.05) is 30.3 Å². The Balaban J connectivity index is 1.86. The van der Waals surface area contributed by atoms with Crippen LogP contribution in [0.5, 0.6) is 0 Å². The number of thiophene rings is 1. The molecule has 146 valence electrons. The van der Waals surface area contributed by atoms with Crippen molar-refractivity contribution in [2.75, 3.05) is 6.54 Å². The molecule has 0 bridgehead atoms. The van der Waals surface area contributed by atoms with Crippen molar-refractivity contribution in [3.63, 3.8) is 0 Å². The molecule has 1 aromatic heterocycles. The molecule has 0 saturated carbocycles. The first-order valence-corrected chi connectivity index (χ1v) is 12.1. The summed E-state index contributed by atoms with van der Waals surface area (Å²) in [5, 5.41) is 0. The largest absolute Gasteiger partial charge is 0.339 e. The molecule has 1 saturated heterocycles. The summed E-state index contributed by atoms with van der Waals surface area (Å²) < 4.78 is 29.2. The molecule has 0 radical (unpaired) electrons. The lowest BCUT2D eigenvalue weighted by atomic mass is 10.0. The van der Waals surface area contributed by atoms with Gasteiger partial charge in [0.2, 0.25) is 5.91 Å². The zero-order valence-electron chi connectivity index (χ0n) is 15.1. The molecule has 2 atom stereocenters. The maximum absolute atomic E-state index is 13.2. The van der Waals surface area contributed by atoms with E-state index in [1.54, 1.807) is 12.1 Å². The first-order valence-electron chi connectivity index (χ1n) is 8.99. The summed E-state index contributed by atoms with van der Waals surface area (Å²) in [7, 11) is -3.77. The van der Waals surface area contributed by atoms with Crippen molar-refractivity contribution in [1.82, 2.24) is 9.62 Å². The number of halogens is 1. The topological polar surface area (TPSA) is 66.5 Å². The highest BCUT2D eigenvalue weighted by molar-refractivity contribution is 9.11. The fraction of sp³-hybridized carbons (Fsp3) is 0.421. The van der Waals surface area contributed by atoms with Crippen LogP contribution in [0.4, 0.5) is 0 Å². The highest BCUT2D eigenvalue weighted by atomic mass is 79.9. The lowest BCUT2D eigenvalue weighted by Crippen LogP contribution is -2.53. The Kier molecular flexibility index (Phi) is 6.73. The smallest absolute Gasteiger partial charge is 0.250 e. The number of rotatable bonds is 6. The van der Waals surface area contributed by atoms with Crippen molar-refractivity contribution in [3.8, 4) is 0 Å². The monoisotopic (exact) mass is 470 g/mol. The normalized spacial score (nSPS) is 19.0. The molecule has 0 unspecified atom stereocenters. The van der Waals surface area contributed by atoms with Gasteiger partial charge >= 0.3 is 0 Å². The minimum Gasteiger partial charge on any atom is -0.339 e. The third-order valence-corrected chi connectivity index (χ3v) is 8.36. The van der Waals surface area contributed by atoms with Gasteiger partial charge in [-0.15, -0.1) is 11.3 Å². The molecule has 1 fully saturated rings. The zero-order chi connectivity index (χ0) is 19.4. The number of hydrogen-bond acceptors (Lipinski definition) is 4. The zero-order valence-corrected chi connectivity index (χ0v) is 18.3. The van der Waals surface area contributed by atoms with E-state index in [2.05, 4.69) is 20.7 Å². The van der Waals surface area contributed by atoms with Gasteiger partial charge in [0, 0.05) is 12.6 Å². The van der Waals surface area contributed by atoms with Crippen LogP contribution in [0.1, 0.15) is 31.7 Å². The SMILES string of the molecule is C[C@H]1CCCCN1C(=O)[C@H](Cc1ccccc1)NS(=O)(=O)c1ccc(Br)s1. The minimum atomic E-state index is -3.77. The van der Waals surface area contributed by atoms with Gasteiger partial charge < -0.3 is 4.90 Å². The van der Waals surface area contributed by atoms with Gasteiger partial charge in [0.1, 0.15) is 10.3 Å². The second-order valence-corrected chi connectivity index (χ2v) is 11.2. The fourth-order valence-corrected chi connectivity index (χ4v) is 6.56. The molecular weight excluding hydrogens is 448 g/mol. The standard InChI is InChI=1S/C19H23BrN2O3S2/c1-14-7-5-6-12-22(14)19(23)16(13-15-8-3-2-4-9-15)21-27(24,25)18-11-10-17(20)26-18/h2-4,8-11,14,16,21H,5-7,12-13H2,1H3/t14-,16-/m0/s1. The van der Waals surface area contributed by atoms with Crippen molar-refractivity contribution in [2.24, 2.45) is 0 Å².